The smallest absolute Gasteiger partial charge is 0.406 e. The fourth-order valence-electron chi connectivity index (χ4n) is 5.87. The van der Waals surface area contributed by atoms with Crippen LogP contribution in [0.4, 0.5) is 13.2 Å². The number of halogens is 3. The molecule has 8 heteroatoms. The lowest BCUT2D eigenvalue weighted by Crippen LogP contribution is -2.41. The molecule has 6 rings (SSSR count). The molecule has 1 aromatic heterocycles. The van der Waals surface area contributed by atoms with Crippen molar-refractivity contribution in [3.8, 4) is 5.75 Å². The largest absolute Gasteiger partial charge is 0.573 e. The first-order chi connectivity index (χ1) is 12.2. The zero-order valence-corrected chi connectivity index (χ0v) is 14.6. The van der Waals surface area contributed by atoms with Gasteiger partial charge in [-0.3, -0.25) is 4.79 Å². The maximum Gasteiger partial charge on any atom is 0.573 e. The number of fused-ring (bicyclic) bond motifs is 1. The summed E-state index contributed by atoms with van der Waals surface area (Å²) in [5.74, 6) is 0.372. The Kier molecular flexibility index (Phi) is 3.09. The van der Waals surface area contributed by atoms with Crippen LogP contribution in [0.2, 0.25) is 0 Å². The van der Waals surface area contributed by atoms with Gasteiger partial charge in [-0.15, -0.1) is 24.5 Å². The minimum absolute atomic E-state index is 0.157. The fourth-order valence-corrected chi connectivity index (χ4v) is 7.07. The average Bonchev–Trinajstić information content (AvgIpc) is 3.12. The molecule has 2 aromatic rings. The van der Waals surface area contributed by atoms with Crippen LogP contribution in [0.25, 0.3) is 10.2 Å². The van der Waals surface area contributed by atoms with E-state index < -0.39 is 11.8 Å². The number of nitrogens with zero attached hydrogens (tertiary/aromatic N) is 1. The number of primary amides is 1. The first-order valence-electron chi connectivity index (χ1n) is 8.66. The second-order valence-electron chi connectivity index (χ2n) is 8.08. The Bertz CT molecular complexity index is 927. The molecule has 1 heterocycles. The van der Waals surface area contributed by atoms with E-state index >= 15 is 0 Å². The molecular formula is C18H17F3N2O2S. The van der Waals surface area contributed by atoms with E-state index in [2.05, 4.69) is 4.74 Å². The summed E-state index contributed by atoms with van der Waals surface area (Å²) < 4.78 is 42.0. The van der Waals surface area contributed by atoms with Crippen molar-refractivity contribution in [2.45, 2.75) is 43.9 Å². The Morgan fingerprint density at radius 2 is 2.12 bits per heavy atom. The summed E-state index contributed by atoms with van der Waals surface area (Å²) in [7, 11) is 0. The number of hydrogen-bond acceptors (Lipinski definition) is 4. The highest BCUT2D eigenvalue weighted by molar-refractivity contribution is 7.18. The van der Waals surface area contributed by atoms with E-state index in [1.807, 2.05) is 0 Å². The summed E-state index contributed by atoms with van der Waals surface area (Å²) in [6, 6.07) is 4.24. The lowest BCUT2D eigenvalue weighted by atomic mass is 9.67. The van der Waals surface area contributed by atoms with E-state index in [4.69, 9.17) is 10.7 Å². The van der Waals surface area contributed by atoms with E-state index in [1.54, 1.807) is 6.07 Å². The van der Waals surface area contributed by atoms with Crippen molar-refractivity contribution in [3.63, 3.8) is 0 Å². The van der Waals surface area contributed by atoms with Crippen molar-refractivity contribution in [3.05, 3.63) is 23.2 Å². The van der Waals surface area contributed by atoms with Gasteiger partial charge in [-0.05, 0) is 62.1 Å². The van der Waals surface area contributed by atoms with Gasteiger partial charge in [0.05, 0.1) is 15.6 Å². The van der Waals surface area contributed by atoms with Crippen molar-refractivity contribution < 1.29 is 22.7 Å². The van der Waals surface area contributed by atoms with E-state index in [1.165, 1.54) is 23.5 Å². The minimum Gasteiger partial charge on any atom is -0.406 e. The zero-order chi connectivity index (χ0) is 18.3. The van der Waals surface area contributed by atoms with Crippen LogP contribution in [0, 0.1) is 17.3 Å². The monoisotopic (exact) mass is 382 g/mol. The summed E-state index contributed by atoms with van der Waals surface area (Å²) in [4.78, 5) is 16.9. The molecule has 1 aromatic carbocycles. The second-order valence-corrected chi connectivity index (χ2v) is 9.12. The van der Waals surface area contributed by atoms with E-state index in [9.17, 15) is 18.0 Å². The molecule has 1 amide bonds. The summed E-state index contributed by atoms with van der Waals surface area (Å²) in [6.07, 6.45) is -0.163. The quantitative estimate of drug-likeness (QED) is 0.868. The molecule has 4 aliphatic carbocycles. The van der Waals surface area contributed by atoms with Crippen LogP contribution in [0.5, 0.6) is 5.75 Å². The molecule has 4 atom stereocenters. The molecule has 4 fully saturated rings. The summed E-state index contributed by atoms with van der Waals surface area (Å²) in [6.45, 7) is 0. The Hall–Kier alpha value is -1.83. The number of rotatable bonds is 3. The van der Waals surface area contributed by atoms with Gasteiger partial charge >= 0.3 is 6.36 Å². The normalized spacial score (nSPS) is 35.3. The first kappa shape index (κ1) is 16.4. The van der Waals surface area contributed by atoms with Crippen molar-refractivity contribution in [2.24, 2.45) is 23.0 Å². The summed E-state index contributed by atoms with van der Waals surface area (Å²) >= 11 is 1.42. The van der Waals surface area contributed by atoms with E-state index in [0.29, 0.717) is 22.1 Å². The van der Waals surface area contributed by atoms with Crippen molar-refractivity contribution >= 4 is 27.5 Å². The number of hydrogen-bond donors (Lipinski definition) is 1. The maximum absolute atomic E-state index is 12.4. The van der Waals surface area contributed by atoms with Crippen LogP contribution < -0.4 is 10.5 Å². The number of nitrogens with two attached hydrogens (primary N) is 1. The van der Waals surface area contributed by atoms with Gasteiger partial charge < -0.3 is 10.5 Å². The Morgan fingerprint density at radius 1 is 1.31 bits per heavy atom. The number of carbonyl (C=O) groups excluding carboxylic acids is 1. The highest BCUT2D eigenvalue weighted by atomic mass is 32.1. The Balaban J connectivity index is 1.53. The topological polar surface area (TPSA) is 65.2 Å². The molecule has 26 heavy (non-hydrogen) atoms. The zero-order valence-electron chi connectivity index (χ0n) is 13.8. The summed E-state index contributed by atoms with van der Waals surface area (Å²) in [5, 5.41) is 0.925. The molecule has 0 radical (unpaired) electrons. The lowest BCUT2D eigenvalue weighted by Gasteiger charge is -2.38. The Morgan fingerprint density at radius 3 is 2.81 bits per heavy atom. The predicted molar refractivity (Wildman–Crippen MR) is 89.7 cm³/mol. The number of aromatic nitrogens is 1. The molecule has 2 N–H and O–H groups in total. The lowest BCUT2D eigenvalue weighted by molar-refractivity contribution is -0.274. The number of alkyl halides is 3. The van der Waals surface area contributed by atoms with Gasteiger partial charge in [0, 0.05) is 5.41 Å². The van der Waals surface area contributed by atoms with Crippen molar-refractivity contribution in [1.82, 2.24) is 4.98 Å². The fraction of sp³-hybridized carbons (Fsp3) is 0.556. The third-order valence-corrected chi connectivity index (χ3v) is 7.83. The van der Waals surface area contributed by atoms with Gasteiger partial charge in [0.15, 0.2) is 0 Å². The molecule has 4 bridgehead atoms. The number of carbonyl (C=O) groups is 1. The average molecular weight is 382 g/mol. The van der Waals surface area contributed by atoms with Crippen LogP contribution >= 0.6 is 11.3 Å². The molecule has 4 unspecified atom stereocenters. The van der Waals surface area contributed by atoms with Crippen LogP contribution in [-0.2, 0) is 10.2 Å². The molecule has 0 spiro atoms. The van der Waals surface area contributed by atoms with Crippen LogP contribution in [0.3, 0.4) is 0 Å². The number of amides is 1. The highest BCUT2D eigenvalue weighted by Gasteiger charge is 2.67. The van der Waals surface area contributed by atoms with E-state index in [0.717, 1.165) is 37.1 Å². The van der Waals surface area contributed by atoms with Crippen molar-refractivity contribution in [2.75, 3.05) is 0 Å². The SMILES string of the molecule is NC(=O)C12CC3CC1CC(c1nc4ccc(OC(F)(F)F)cc4s1)(C3)C2. The van der Waals surface area contributed by atoms with Gasteiger partial charge in [-0.1, -0.05) is 0 Å². The van der Waals surface area contributed by atoms with Gasteiger partial charge in [0.1, 0.15) is 10.8 Å². The first-order valence-corrected chi connectivity index (χ1v) is 9.48. The minimum atomic E-state index is -4.71. The highest BCUT2D eigenvalue weighted by Crippen LogP contribution is 2.71. The van der Waals surface area contributed by atoms with Gasteiger partial charge in [-0.2, -0.15) is 0 Å². The maximum atomic E-state index is 12.4. The molecule has 4 aliphatic rings. The number of ether oxygens (including phenoxy) is 1. The standard InChI is InChI=1S/C18H17F3N2O2S/c19-18(20,21)25-11-1-2-12-13(4-11)26-15(23-12)16-5-9-3-10(7-16)17(6-9,8-16)14(22)24/h1-2,4,9-10H,3,5-8H2,(H2,22,24). The third kappa shape index (κ3) is 2.20. The van der Waals surface area contributed by atoms with Crippen LogP contribution in [0.15, 0.2) is 18.2 Å². The van der Waals surface area contributed by atoms with Crippen molar-refractivity contribution in [1.29, 1.82) is 0 Å². The van der Waals surface area contributed by atoms with Crippen LogP contribution in [-0.4, -0.2) is 17.3 Å². The van der Waals surface area contributed by atoms with Gasteiger partial charge in [-0.25, -0.2) is 4.98 Å². The van der Waals surface area contributed by atoms with E-state index in [-0.39, 0.29) is 17.1 Å². The van der Waals surface area contributed by atoms with Crippen LogP contribution in [0.1, 0.15) is 37.1 Å². The second kappa shape index (κ2) is 4.91. The number of benzene rings is 1. The van der Waals surface area contributed by atoms with Gasteiger partial charge in [0.25, 0.3) is 0 Å². The predicted octanol–water partition coefficient (Wildman–Crippen LogP) is 4.13. The summed E-state index contributed by atoms with van der Waals surface area (Å²) in [5.41, 5.74) is 5.87. The third-order valence-electron chi connectivity index (χ3n) is 6.56. The number of thiazole rings is 1. The Labute approximate surface area is 151 Å². The molecule has 138 valence electrons. The molecular weight excluding hydrogens is 365 g/mol. The molecule has 0 aliphatic heterocycles. The molecule has 0 saturated heterocycles. The molecule has 4 nitrogen and oxygen atoms in total. The van der Waals surface area contributed by atoms with Gasteiger partial charge in [0.2, 0.25) is 5.91 Å². The molecule has 4 saturated carbocycles.